The summed E-state index contributed by atoms with van der Waals surface area (Å²) in [6.45, 7) is 1.38. The summed E-state index contributed by atoms with van der Waals surface area (Å²) < 4.78 is 28.6. The molecule has 0 fully saturated rings. The van der Waals surface area contributed by atoms with E-state index in [0.29, 0.717) is 11.3 Å². The van der Waals surface area contributed by atoms with Gasteiger partial charge in [-0.25, -0.2) is 8.42 Å². The number of methoxy groups -OCH3 is 1. The number of ether oxygens (including phenoxy) is 1. The summed E-state index contributed by atoms with van der Waals surface area (Å²) in [7, 11) is -1.94. The van der Waals surface area contributed by atoms with Crippen LogP contribution in [0.5, 0.6) is 5.75 Å². The van der Waals surface area contributed by atoms with Crippen molar-refractivity contribution in [2.75, 3.05) is 12.9 Å². The van der Waals surface area contributed by atoms with Gasteiger partial charge in [0, 0.05) is 0 Å². The van der Waals surface area contributed by atoms with Crippen LogP contribution in [0.25, 0.3) is 0 Å². The monoisotopic (exact) mass is 272 g/mol. The van der Waals surface area contributed by atoms with Crippen molar-refractivity contribution in [1.82, 2.24) is 0 Å². The van der Waals surface area contributed by atoms with Gasteiger partial charge in [0.25, 0.3) is 0 Å². The third kappa shape index (κ3) is 4.37. The summed E-state index contributed by atoms with van der Waals surface area (Å²) in [5.41, 5.74) is 0.590. The lowest BCUT2D eigenvalue weighted by atomic mass is 10.2. The van der Waals surface area contributed by atoms with Gasteiger partial charge in [-0.15, -0.1) is 0 Å². The molecule has 1 aromatic carbocycles. The fourth-order valence-corrected chi connectivity index (χ4v) is 3.24. The Morgan fingerprint density at radius 1 is 1.44 bits per heavy atom. The van der Waals surface area contributed by atoms with Gasteiger partial charge in [0.15, 0.2) is 9.84 Å². The summed E-state index contributed by atoms with van der Waals surface area (Å²) >= 11 is 0. The quantitative estimate of drug-likeness (QED) is 0.845. The number of sulfone groups is 1. The molecule has 1 rings (SSSR count). The molecule has 0 amide bonds. The van der Waals surface area contributed by atoms with Crippen molar-refractivity contribution in [3.63, 3.8) is 0 Å². The molecule has 0 spiro atoms. The van der Waals surface area contributed by atoms with E-state index in [1.54, 1.807) is 24.3 Å². The Labute approximate surface area is 106 Å². The van der Waals surface area contributed by atoms with Crippen molar-refractivity contribution < 1.29 is 23.1 Å². The smallest absolute Gasteiger partial charge is 0.307 e. The minimum Gasteiger partial charge on any atom is -0.497 e. The second kappa shape index (κ2) is 5.86. The van der Waals surface area contributed by atoms with E-state index in [9.17, 15) is 13.2 Å². The minimum atomic E-state index is -3.44. The van der Waals surface area contributed by atoms with Crippen LogP contribution in [-0.2, 0) is 20.4 Å². The second-order valence-electron chi connectivity index (χ2n) is 4.15. The normalized spacial score (nSPS) is 13.0. The molecular weight excluding hydrogens is 256 g/mol. The second-order valence-corrected chi connectivity index (χ2v) is 6.25. The molecule has 0 saturated heterocycles. The highest BCUT2D eigenvalue weighted by molar-refractivity contribution is 7.90. The maximum atomic E-state index is 11.8. The number of hydrogen-bond donors (Lipinski definition) is 1. The number of benzene rings is 1. The minimum absolute atomic E-state index is 0.179. The van der Waals surface area contributed by atoms with E-state index < -0.39 is 21.7 Å². The van der Waals surface area contributed by atoms with Gasteiger partial charge >= 0.3 is 5.97 Å². The Bertz CT molecular complexity index is 521. The first-order valence-electron chi connectivity index (χ1n) is 5.40. The molecule has 0 saturated carbocycles. The SMILES string of the molecule is COc1cccc(CS(=O)(=O)CC(C)C(=O)O)c1. The first kappa shape index (κ1) is 14.5. The van der Waals surface area contributed by atoms with E-state index >= 15 is 0 Å². The van der Waals surface area contributed by atoms with Crippen LogP contribution in [0.1, 0.15) is 12.5 Å². The lowest BCUT2D eigenvalue weighted by Gasteiger charge is -2.08. The molecule has 100 valence electrons. The first-order chi connectivity index (χ1) is 8.34. The fourth-order valence-electron chi connectivity index (χ4n) is 1.53. The van der Waals surface area contributed by atoms with Crippen molar-refractivity contribution in [3.8, 4) is 5.75 Å². The third-order valence-electron chi connectivity index (χ3n) is 2.45. The summed E-state index contributed by atoms with van der Waals surface area (Å²) in [6, 6.07) is 6.72. The van der Waals surface area contributed by atoms with Gasteiger partial charge in [0.2, 0.25) is 0 Å². The van der Waals surface area contributed by atoms with Crippen LogP contribution in [0, 0.1) is 5.92 Å². The number of rotatable bonds is 6. The highest BCUT2D eigenvalue weighted by Crippen LogP contribution is 2.16. The third-order valence-corrected chi connectivity index (χ3v) is 4.23. The van der Waals surface area contributed by atoms with Gasteiger partial charge < -0.3 is 9.84 Å². The molecule has 1 unspecified atom stereocenters. The molecule has 0 aliphatic carbocycles. The Hall–Kier alpha value is -1.56. The summed E-state index contributed by atoms with van der Waals surface area (Å²) in [5.74, 6) is -1.97. The topological polar surface area (TPSA) is 80.7 Å². The predicted molar refractivity (Wildman–Crippen MR) is 67.3 cm³/mol. The standard InChI is InChI=1S/C12H16O5S/c1-9(12(13)14)7-18(15,16)8-10-4-3-5-11(6-10)17-2/h3-6,9H,7-8H2,1-2H3,(H,13,14). The summed E-state index contributed by atoms with van der Waals surface area (Å²) in [4.78, 5) is 10.6. The van der Waals surface area contributed by atoms with E-state index in [1.807, 2.05) is 0 Å². The Morgan fingerprint density at radius 2 is 2.11 bits per heavy atom. The van der Waals surface area contributed by atoms with E-state index in [1.165, 1.54) is 14.0 Å². The van der Waals surface area contributed by atoms with Gasteiger partial charge in [-0.1, -0.05) is 19.1 Å². The molecule has 18 heavy (non-hydrogen) atoms. The summed E-state index contributed by atoms with van der Waals surface area (Å²) in [6.07, 6.45) is 0. The number of aliphatic carboxylic acids is 1. The van der Waals surface area contributed by atoms with Crippen molar-refractivity contribution in [1.29, 1.82) is 0 Å². The molecule has 1 N–H and O–H groups in total. The zero-order valence-corrected chi connectivity index (χ0v) is 11.1. The molecule has 0 aliphatic heterocycles. The maximum Gasteiger partial charge on any atom is 0.307 e. The zero-order valence-electron chi connectivity index (χ0n) is 10.3. The zero-order chi connectivity index (χ0) is 13.8. The largest absolute Gasteiger partial charge is 0.497 e. The van der Waals surface area contributed by atoms with Crippen LogP contribution < -0.4 is 4.74 Å². The average Bonchev–Trinajstić information content (AvgIpc) is 2.27. The Balaban J connectivity index is 2.79. The predicted octanol–water partition coefficient (Wildman–Crippen LogP) is 1.33. The highest BCUT2D eigenvalue weighted by Gasteiger charge is 2.21. The summed E-state index contributed by atoms with van der Waals surface area (Å²) in [5, 5.41) is 8.71. The van der Waals surface area contributed by atoms with Crippen LogP contribution in [0.4, 0.5) is 0 Å². The molecule has 1 atom stereocenters. The van der Waals surface area contributed by atoms with Crippen molar-refractivity contribution in [3.05, 3.63) is 29.8 Å². The van der Waals surface area contributed by atoms with Crippen molar-refractivity contribution in [2.45, 2.75) is 12.7 Å². The molecule has 0 radical (unpaired) electrons. The van der Waals surface area contributed by atoms with Gasteiger partial charge in [0.05, 0.1) is 24.5 Å². The number of carbonyl (C=O) groups is 1. The molecule has 0 aromatic heterocycles. The van der Waals surface area contributed by atoms with E-state index in [4.69, 9.17) is 9.84 Å². The van der Waals surface area contributed by atoms with E-state index in [-0.39, 0.29) is 11.5 Å². The molecular formula is C12H16O5S. The van der Waals surface area contributed by atoms with E-state index in [2.05, 4.69) is 0 Å². The molecule has 5 nitrogen and oxygen atoms in total. The highest BCUT2D eigenvalue weighted by atomic mass is 32.2. The Morgan fingerprint density at radius 3 is 2.67 bits per heavy atom. The van der Waals surface area contributed by atoms with Crippen LogP contribution in [0.3, 0.4) is 0 Å². The van der Waals surface area contributed by atoms with Crippen molar-refractivity contribution >= 4 is 15.8 Å². The van der Waals surface area contributed by atoms with Crippen LogP contribution in [0.2, 0.25) is 0 Å². The lowest BCUT2D eigenvalue weighted by Crippen LogP contribution is -2.22. The molecule has 1 aromatic rings. The fraction of sp³-hybridized carbons (Fsp3) is 0.417. The molecule has 0 bridgehead atoms. The van der Waals surface area contributed by atoms with Gasteiger partial charge in [0.1, 0.15) is 5.75 Å². The molecule has 6 heteroatoms. The van der Waals surface area contributed by atoms with Gasteiger partial charge in [-0.05, 0) is 17.7 Å². The lowest BCUT2D eigenvalue weighted by molar-refractivity contribution is -0.140. The van der Waals surface area contributed by atoms with Gasteiger partial charge in [-0.3, -0.25) is 4.79 Å². The maximum absolute atomic E-state index is 11.8. The van der Waals surface area contributed by atoms with Crippen LogP contribution in [-0.4, -0.2) is 32.4 Å². The first-order valence-corrected chi connectivity index (χ1v) is 7.22. The number of hydrogen-bond acceptors (Lipinski definition) is 4. The van der Waals surface area contributed by atoms with Crippen LogP contribution in [0.15, 0.2) is 24.3 Å². The van der Waals surface area contributed by atoms with Crippen LogP contribution >= 0.6 is 0 Å². The Kier molecular flexibility index (Phi) is 4.72. The average molecular weight is 272 g/mol. The number of carboxylic acids is 1. The number of carboxylic acid groups (broad SMARTS) is 1. The van der Waals surface area contributed by atoms with Gasteiger partial charge in [-0.2, -0.15) is 0 Å². The van der Waals surface area contributed by atoms with Crippen molar-refractivity contribution in [2.24, 2.45) is 5.92 Å². The van der Waals surface area contributed by atoms with E-state index in [0.717, 1.165) is 0 Å². The molecule has 0 heterocycles. The molecule has 0 aliphatic rings.